The van der Waals surface area contributed by atoms with Crippen LogP contribution < -0.4 is 5.32 Å². The molecule has 1 saturated heterocycles. The van der Waals surface area contributed by atoms with E-state index in [1.54, 1.807) is 18.2 Å². The predicted octanol–water partition coefficient (Wildman–Crippen LogP) is 5.22. The van der Waals surface area contributed by atoms with Gasteiger partial charge in [0.25, 0.3) is 0 Å². The summed E-state index contributed by atoms with van der Waals surface area (Å²) in [5.41, 5.74) is 0.146. The molecule has 2 aliphatic rings. The highest BCUT2D eigenvalue weighted by molar-refractivity contribution is 6.36. The molecule has 29 heavy (non-hydrogen) atoms. The number of likely N-dealkylation sites (tertiary alicyclic amines) is 1. The Bertz CT molecular complexity index is 737. The smallest absolute Gasteiger partial charge is 0.407 e. The van der Waals surface area contributed by atoms with E-state index < -0.39 is 17.6 Å². The zero-order valence-electron chi connectivity index (χ0n) is 17.3. The Labute approximate surface area is 183 Å². The van der Waals surface area contributed by atoms with Gasteiger partial charge in [-0.2, -0.15) is 0 Å². The van der Waals surface area contributed by atoms with Gasteiger partial charge in [-0.25, -0.2) is 4.79 Å². The molecule has 2 fully saturated rings. The minimum Gasteiger partial charge on any atom is -0.444 e. The summed E-state index contributed by atoms with van der Waals surface area (Å²) in [6.07, 6.45) is 5.42. The maximum Gasteiger partial charge on any atom is 0.407 e. The fraction of sp³-hybridized carbons (Fsp3) is 0.636. The summed E-state index contributed by atoms with van der Waals surface area (Å²) in [7, 11) is 0. The van der Waals surface area contributed by atoms with Crippen molar-refractivity contribution in [2.45, 2.75) is 77.0 Å². The van der Waals surface area contributed by atoms with Crippen LogP contribution >= 0.6 is 23.2 Å². The van der Waals surface area contributed by atoms with Crippen LogP contribution in [0.15, 0.2) is 18.2 Å². The summed E-state index contributed by atoms with van der Waals surface area (Å²) in [5, 5.41) is 4.01. The van der Waals surface area contributed by atoms with Crippen molar-refractivity contribution in [1.82, 2.24) is 10.2 Å². The minimum atomic E-state index is -0.600. The Morgan fingerprint density at radius 2 is 1.79 bits per heavy atom. The third-order valence-electron chi connectivity index (χ3n) is 5.68. The third-order valence-corrected chi connectivity index (χ3v) is 6.39. The molecule has 0 aromatic heterocycles. The Balaban J connectivity index is 1.81. The lowest BCUT2D eigenvalue weighted by atomic mass is 9.93. The van der Waals surface area contributed by atoms with Crippen LogP contribution in [0.25, 0.3) is 0 Å². The van der Waals surface area contributed by atoms with E-state index in [0.29, 0.717) is 23.0 Å². The van der Waals surface area contributed by atoms with Crippen LogP contribution in [0.2, 0.25) is 10.0 Å². The van der Waals surface area contributed by atoms with Gasteiger partial charge in [0.1, 0.15) is 5.60 Å². The second-order valence-corrected chi connectivity index (χ2v) is 9.86. The molecule has 1 N–H and O–H groups in total. The van der Waals surface area contributed by atoms with Crippen molar-refractivity contribution < 1.29 is 14.3 Å². The van der Waals surface area contributed by atoms with Gasteiger partial charge < -0.3 is 15.0 Å². The SMILES string of the molecule is CC(C)(C)OC(=O)NC1CN(C2CCCCC2)C(=O)C1Cc1c(Cl)cccc1Cl. The number of amides is 2. The molecule has 1 aliphatic heterocycles. The van der Waals surface area contributed by atoms with E-state index in [4.69, 9.17) is 27.9 Å². The molecular weight excluding hydrogens is 411 g/mol. The minimum absolute atomic E-state index is 0.0638. The number of ether oxygens (including phenoxy) is 1. The van der Waals surface area contributed by atoms with Crippen molar-refractivity contribution in [2.24, 2.45) is 5.92 Å². The number of hydrogen-bond acceptors (Lipinski definition) is 3. The molecule has 0 spiro atoms. The zero-order valence-corrected chi connectivity index (χ0v) is 18.9. The van der Waals surface area contributed by atoms with E-state index in [0.717, 1.165) is 31.2 Å². The average Bonchev–Trinajstić information content (AvgIpc) is 2.93. The van der Waals surface area contributed by atoms with Crippen molar-refractivity contribution in [3.05, 3.63) is 33.8 Å². The predicted molar refractivity (Wildman–Crippen MR) is 115 cm³/mol. The Morgan fingerprint density at radius 1 is 1.17 bits per heavy atom. The molecule has 1 saturated carbocycles. The molecule has 1 aliphatic carbocycles. The lowest BCUT2D eigenvalue weighted by Crippen LogP contribution is -2.44. The van der Waals surface area contributed by atoms with Gasteiger partial charge in [-0.05, 0) is 57.7 Å². The van der Waals surface area contributed by atoms with Gasteiger partial charge >= 0.3 is 6.09 Å². The topological polar surface area (TPSA) is 58.6 Å². The number of benzene rings is 1. The van der Waals surface area contributed by atoms with Crippen LogP contribution in [0.3, 0.4) is 0 Å². The number of nitrogens with one attached hydrogen (secondary N) is 1. The third kappa shape index (κ3) is 5.58. The van der Waals surface area contributed by atoms with Gasteiger partial charge in [-0.15, -0.1) is 0 Å². The summed E-state index contributed by atoms with van der Waals surface area (Å²) in [4.78, 5) is 27.7. The Kier molecular flexibility index (Phi) is 7.00. The summed E-state index contributed by atoms with van der Waals surface area (Å²) in [5.74, 6) is -0.351. The van der Waals surface area contributed by atoms with Crippen LogP contribution in [-0.4, -0.2) is 41.1 Å². The summed E-state index contributed by atoms with van der Waals surface area (Å²) in [6, 6.07) is 5.24. The first kappa shape index (κ1) is 22.2. The first-order valence-electron chi connectivity index (χ1n) is 10.4. The fourth-order valence-corrected chi connectivity index (χ4v) is 4.87. The van der Waals surface area contributed by atoms with Crippen molar-refractivity contribution in [2.75, 3.05) is 6.54 Å². The first-order chi connectivity index (χ1) is 13.7. The number of nitrogens with zero attached hydrogens (tertiary/aromatic N) is 1. The van der Waals surface area contributed by atoms with E-state index in [1.165, 1.54) is 6.42 Å². The molecule has 1 aromatic carbocycles. The Hall–Kier alpha value is -1.46. The van der Waals surface area contributed by atoms with Crippen LogP contribution in [0.5, 0.6) is 0 Å². The molecule has 0 bridgehead atoms. The number of carbonyl (C=O) groups is 2. The zero-order chi connectivity index (χ0) is 21.2. The second-order valence-electron chi connectivity index (χ2n) is 9.05. The molecule has 1 heterocycles. The Morgan fingerprint density at radius 3 is 2.38 bits per heavy atom. The molecule has 7 heteroatoms. The van der Waals surface area contributed by atoms with Crippen LogP contribution in [0.4, 0.5) is 4.79 Å². The highest BCUT2D eigenvalue weighted by Crippen LogP contribution is 2.34. The summed E-state index contributed by atoms with van der Waals surface area (Å²) < 4.78 is 5.43. The normalized spacial score (nSPS) is 23.3. The molecule has 2 amide bonds. The average molecular weight is 441 g/mol. The molecule has 2 unspecified atom stereocenters. The van der Waals surface area contributed by atoms with E-state index >= 15 is 0 Å². The molecule has 1 aromatic rings. The second kappa shape index (κ2) is 9.13. The number of rotatable bonds is 4. The standard InChI is InChI=1S/C22H30Cl2N2O3/c1-22(2,3)29-21(28)25-19-13-26(14-8-5-4-6-9-14)20(27)16(19)12-15-17(23)10-7-11-18(15)24/h7,10-11,14,16,19H,4-6,8-9,12-13H2,1-3H3,(H,25,28). The first-order valence-corrected chi connectivity index (χ1v) is 11.1. The molecule has 2 atom stereocenters. The maximum atomic E-state index is 13.4. The van der Waals surface area contributed by atoms with Crippen molar-refractivity contribution >= 4 is 35.2 Å². The van der Waals surface area contributed by atoms with Crippen LogP contribution in [0, 0.1) is 5.92 Å². The largest absolute Gasteiger partial charge is 0.444 e. The van der Waals surface area contributed by atoms with Crippen molar-refractivity contribution in [3.8, 4) is 0 Å². The molecule has 0 radical (unpaired) electrons. The van der Waals surface area contributed by atoms with Crippen molar-refractivity contribution in [3.63, 3.8) is 0 Å². The van der Waals surface area contributed by atoms with E-state index in [-0.39, 0.29) is 18.0 Å². The molecular formula is C22H30Cl2N2O3. The molecule has 160 valence electrons. The quantitative estimate of drug-likeness (QED) is 0.697. The van der Waals surface area contributed by atoms with Crippen LogP contribution in [0.1, 0.15) is 58.4 Å². The van der Waals surface area contributed by atoms with E-state index in [9.17, 15) is 9.59 Å². The molecule has 3 rings (SSSR count). The lowest BCUT2D eigenvalue weighted by Gasteiger charge is -2.31. The van der Waals surface area contributed by atoms with Crippen LogP contribution in [-0.2, 0) is 16.0 Å². The number of alkyl carbamates (subject to hydrolysis) is 1. The number of halogens is 2. The van der Waals surface area contributed by atoms with Gasteiger partial charge in [0.15, 0.2) is 0 Å². The highest BCUT2D eigenvalue weighted by Gasteiger charge is 2.44. The van der Waals surface area contributed by atoms with Gasteiger partial charge in [0.05, 0.1) is 12.0 Å². The fourth-order valence-electron chi connectivity index (χ4n) is 4.32. The molecule has 5 nitrogen and oxygen atoms in total. The lowest BCUT2D eigenvalue weighted by molar-refractivity contribution is -0.133. The maximum absolute atomic E-state index is 13.4. The van der Waals surface area contributed by atoms with E-state index in [1.807, 2.05) is 25.7 Å². The number of carbonyl (C=O) groups excluding carboxylic acids is 2. The summed E-state index contributed by atoms with van der Waals surface area (Å²) in [6.45, 7) is 5.96. The van der Waals surface area contributed by atoms with Gasteiger partial charge in [0, 0.05) is 22.6 Å². The van der Waals surface area contributed by atoms with Gasteiger partial charge in [-0.3, -0.25) is 4.79 Å². The van der Waals surface area contributed by atoms with Gasteiger partial charge in [0.2, 0.25) is 5.91 Å². The monoisotopic (exact) mass is 440 g/mol. The van der Waals surface area contributed by atoms with Gasteiger partial charge in [-0.1, -0.05) is 48.5 Å². The van der Waals surface area contributed by atoms with Crippen molar-refractivity contribution in [1.29, 1.82) is 0 Å². The van der Waals surface area contributed by atoms with E-state index in [2.05, 4.69) is 5.32 Å². The number of hydrogen-bond donors (Lipinski definition) is 1. The summed E-state index contributed by atoms with van der Waals surface area (Å²) >= 11 is 12.7. The highest BCUT2D eigenvalue weighted by atomic mass is 35.5.